The molecule has 1 unspecified atom stereocenters. The van der Waals surface area contributed by atoms with Crippen molar-refractivity contribution in [1.82, 2.24) is 9.88 Å². The van der Waals surface area contributed by atoms with E-state index in [9.17, 15) is 0 Å². The molecule has 1 aliphatic heterocycles. The Bertz CT molecular complexity index is 340. The maximum absolute atomic E-state index is 5.87. The molecule has 0 aromatic carbocycles. The van der Waals surface area contributed by atoms with E-state index in [4.69, 9.17) is 5.73 Å². The van der Waals surface area contributed by atoms with Gasteiger partial charge in [0, 0.05) is 22.3 Å². The average molecular weight is 256 g/mol. The number of anilines is 1. The van der Waals surface area contributed by atoms with Crippen molar-refractivity contribution >= 4 is 21.7 Å². The number of aromatic nitrogens is 1. The zero-order valence-electron chi connectivity index (χ0n) is 8.20. The standard InChI is InChI=1S/C10H14BrN3/c1-14-4-2-3-9(14)8-5-7(11)6-13-10(8)12/h5-6,9H,2-4H2,1H3,(H2,12,13). The maximum Gasteiger partial charge on any atom is 0.128 e. The summed E-state index contributed by atoms with van der Waals surface area (Å²) in [5.41, 5.74) is 7.03. The summed E-state index contributed by atoms with van der Waals surface area (Å²) >= 11 is 3.43. The van der Waals surface area contributed by atoms with Crippen molar-refractivity contribution in [2.24, 2.45) is 0 Å². The smallest absolute Gasteiger partial charge is 0.128 e. The zero-order valence-corrected chi connectivity index (χ0v) is 9.79. The number of halogens is 1. The lowest BCUT2D eigenvalue weighted by atomic mass is 10.1. The lowest BCUT2D eigenvalue weighted by molar-refractivity contribution is 0.317. The Morgan fingerprint density at radius 3 is 3.07 bits per heavy atom. The second-order valence-electron chi connectivity index (χ2n) is 3.77. The van der Waals surface area contributed by atoms with E-state index in [1.54, 1.807) is 6.20 Å². The first-order valence-corrected chi connectivity index (χ1v) is 5.59. The first kappa shape index (κ1) is 9.93. The van der Waals surface area contributed by atoms with Gasteiger partial charge in [-0.25, -0.2) is 4.98 Å². The minimum Gasteiger partial charge on any atom is -0.383 e. The Morgan fingerprint density at radius 1 is 1.64 bits per heavy atom. The molecular formula is C10H14BrN3. The average Bonchev–Trinajstić information content (AvgIpc) is 2.56. The Morgan fingerprint density at radius 2 is 2.43 bits per heavy atom. The molecule has 0 spiro atoms. The van der Waals surface area contributed by atoms with Crippen molar-refractivity contribution in [3.63, 3.8) is 0 Å². The number of hydrogen-bond donors (Lipinski definition) is 1. The molecule has 2 N–H and O–H groups in total. The van der Waals surface area contributed by atoms with Gasteiger partial charge in [-0.1, -0.05) is 0 Å². The minimum atomic E-state index is 0.444. The van der Waals surface area contributed by atoms with Crippen molar-refractivity contribution < 1.29 is 0 Å². The Hall–Kier alpha value is -0.610. The van der Waals surface area contributed by atoms with Crippen molar-refractivity contribution in [3.05, 3.63) is 22.3 Å². The van der Waals surface area contributed by atoms with Crippen molar-refractivity contribution in [3.8, 4) is 0 Å². The lowest BCUT2D eigenvalue weighted by Crippen LogP contribution is -2.19. The van der Waals surface area contributed by atoms with Crippen molar-refractivity contribution in [2.75, 3.05) is 19.3 Å². The molecule has 0 aliphatic carbocycles. The predicted molar refractivity (Wildman–Crippen MR) is 61.0 cm³/mol. The van der Waals surface area contributed by atoms with E-state index in [1.165, 1.54) is 12.8 Å². The summed E-state index contributed by atoms with van der Waals surface area (Å²) in [6.07, 6.45) is 4.17. The van der Waals surface area contributed by atoms with Gasteiger partial charge < -0.3 is 5.73 Å². The van der Waals surface area contributed by atoms with E-state index in [0.717, 1.165) is 16.6 Å². The predicted octanol–water partition coefficient (Wildman–Crippen LogP) is 2.19. The molecule has 3 nitrogen and oxygen atoms in total. The number of nitrogens with two attached hydrogens (primary N) is 1. The second-order valence-corrected chi connectivity index (χ2v) is 4.68. The highest BCUT2D eigenvalue weighted by atomic mass is 79.9. The highest BCUT2D eigenvalue weighted by Crippen LogP contribution is 2.33. The SMILES string of the molecule is CN1CCCC1c1cc(Br)cnc1N. The molecule has 2 heterocycles. The molecule has 1 saturated heterocycles. The van der Waals surface area contributed by atoms with Gasteiger partial charge in [-0.3, -0.25) is 4.90 Å². The lowest BCUT2D eigenvalue weighted by Gasteiger charge is -2.20. The van der Waals surface area contributed by atoms with Crippen LogP contribution in [0.5, 0.6) is 0 Å². The van der Waals surface area contributed by atoms with E-state index in [1.807, 2.05) is 0 Å². The monoisotopic (exact) mass is 255 g/mol. The van der Waals surface area contributed by atoms with Crippen LogP contribution in [0.3, 0.4) is 0 Å². The second kappa shape index (κ2) is 3.87. The van der Waals surface area contributed by atoms with E-state index in [0.29, 0.717) is 11.9 Å². The van der Waals surface area contributed by atoms with Crippen LogP contribution in [-0.2, 0) is 0 Å². The molecule has 1 aromatic heterocycles. The van der Waals surface area contributed by atoms with E-state index >= 15 is 0 Å². The summed E-state index contributed by atoms with van der Waals surface area (Å²) < 4.78 is 1.00. The summed E-state index contributed by atoms with van der Waals surface area (Å²) in [5, 5.41) is 0. The largest absolute Gasteiger partial charge is 0.383 e. The Labute approximate surface area is 92.4 Å². The molecule has 14 heavy (non-hydrogen) atoms. The van der Waals surface area contributed by atoms with Crippen molar-refractivity contribution in [2.45, 2.75) is 18.9 Å². The quantitative estimate of drug-likeness (QED) is 0.837. The van der Waals surface area contributed by atoms with Gasteiger partial charge in [0.05, 0.1) is 0 Å². The molecule has 1 aliphatic rings. The van der Waals surface area contributed by atoms with Gasteiger partial charge >= 0.3 is 0 Å². The van der Waals surface area contributed by atoms with E-state index in [2.05, 4.69) is 38.9 Å². The van der Waals surface area contributed by atoms with Crippen LogP contribution >= 0.6 is 15.9 Å². The van der Waals surface area contributed by atoms with Gasteiger partial charge in [0.15, 0.2) is 0 Å². The first-order chi connectivity index (χ1) is 6.68. The van der Waals surface area contributed by atoms with Crippen LogP contribution < -0.4 is 5.73 Å². The number of nitrogen functional groups attached to an aromatic ring is 1. The van der Waals surface area contributed by atoms with Gasteiger partial charge in [-0.2, -0.15) is 0 Å². The molecule has 1 aromatic rings. The molecule has 4 heteroatoms. The fourth-order valence-electron chi connectivity index (χ4n) is 2.04. The highest BCUT2D eigenvalue weighted by Gasteiger charge is 2.24. The topological polar surface area (TPSA) is 42.2 Å². The third-order valence-electron chi connectivity index (χ3n) is 2.80. The van der Waals surface area contributed by atoms with Crippen LogP contribution in [0.4, 0.5) is 5.82 Å². The number of rotatable bonds is 1. The summed E-state index contributed by atoms with van der Waals surface area (Å²) in [6.45, 7) is 1.15. The van der Waals surface area contributed by atoms with Gasteiger partial charge in [0.25, 0.3) is 0 Å². The first-order valence-electron chi connectivity index (χ1n) is 4.79. The Kier molecular flexibility index (Phi) is 2.74. The molecule has 76 valence electrons. The number of pyridine rings is 1. The van der Waals surface area contributed by atoms with Gasteiger partial charge in [0.2, 0.25) is 0 Å². The number of nitrogens with zero attached hydrogens (tertiary/aromatic N) is 2. The third-order valence-corrected chi connectivity index (χ3v) is 3.23. The molecule has 1 fully saturated rings. The van der Waals surface area contributed by atoms with E-state index in [-0.39, 0.29) is 0 Å². The summed E-state index contributed by atoms with van der Waals surface area (Å²) in [5.74, 6) is 0.659. The third kappa shape index (κ3) is 1.77. The van der Waals surface area contributed by atoms with E-state index < -0.39 is 0 Å². The molecule has 2 rings (SSSR count). The normalized spacial score (nSPS) is 22.9. The number of hydrogen-bond acceptors (Lipinski definition) is 3. The van der Waals surface area contributed by atoms with Crippen LogP contribution in [0.2, 0.25) is 0 Å². The molecular weight excluding hydrogens is 242 g/mol. The van der Waals surface area contributed by atoms with Crippen LogP contribution in [0, 0.1) is 0 Å². The van der Waals surface area contributed by atoms with Gasteiger partial charge in [-0.15, -0.1) is 0 Å². The van der Waals surface area contributed by atoms with Crippen LogP contribution in [0.15, 0.2) is 16.7 Å². The van der Waals surface area contributed by atoms with Gasteiger partial charge in [-0.05, 0) is 48.4 Å². The molecule has 0 saturated carbocycles. The van der Waals surface area contributed by atoms with Crippen LogP contribution in [0.25, 0.3) is 0 Å². The molecule has 0 bridgehead atoms. The number of likely N-dealkylation sites (tertiary alicyclic amines) is 1. The molecule has 0 radical (unpaired) electrons. The Balaban J connectivity index is 2.34. The zero-order chi connectivity index (χ0) is 10.1. The highest BCUT2D eigenvalue weighted by molar-refractivity contribution is 9.10. The van der Waals surface area contributed by atoms with Gasteiger partial charge in [0.1, 0.15) is 5.82 Å². The van der Waals surface area contributed by atoms with Crippen LogP contribution in [-0.4, -0.2) is 23.5 Å². The minimum absolute atomic E-state index is 0.444. The fourth-order valence-corrected chi connectivity index (χ4v) is 2.38. The summed E-state index contributed by atoms with van der Waals surface area (Å²) in [4.78, 5) is 6.50. The molecule has 1 atom stereocenters. The molecule has 0 amide bonds. The fraction of sp³-hybridized carbons (Fsp3) is 0.500. The van der Waals surface area contributed by atoms with Crippen molar-refractivity contribution in [1.29, 1.82) is 0 Å². The summed E-state index contributed by atoms with van der Waals surface area (Å²) in [6, 6.07) is 2.52. The maximum atomic E-state index is 5.87. The van der Waals surface area contributed by atoms with Crippen LogP contribution in [0.1, 0.15) is 24.4 Å². The summed E-state index contributed by atoms with van der Waals surface area (Å²) in [7, 11) is 2.14.